The molecule has 0 saturated carbocycles. The van der Waals surface area contributed by atoms with Gasteiger partial charge in [0.15, 0.2) is 11.2 Å². The van der Waals surface area contributed by atoms with Gasteiger partial charge in [-0.1, -0.05) is 53.7 Å². The van der Waals surface area contributed by atoms with E-state index in [1.807, 2.05) is 60.7 Å². The highest BCUT2D eigenvalue weighted by Gasteiger charge is 2.16. The number of rotatable bonds is 5. The SMILES string of the molecule is c1ccc(Cn2nnc3c(Sc4nnc(-c5ccccc5)o4)ncnc32)cc1. The van der Waals surface area contributed by atoms with Crippen molar-refractivity contribution in [2.24, 2.45) is 0 Å². The van der Waals surface area contributed by atoms with Gasteiger partial charge in [0.05, 0.1) is 6.54 Å². The highest BCUT2D eigenvalue weighted by Crippen LogP contribution is 2.30. The number of hydrogen-bond acceptors (Lipinski definition) is 8. The molecular formula is C19H13N7OS. The van der Waals surface area contributed by atoms with Gasteiger partial charge in [-0.05, 0) is 29.5 Å². The van der Waals surface area contributed by atoms with E-state index in [0.29, 0.717) is 33.8 Å². The molecule has 3 heterocycles. The highest BCUT2D eigenvalue weighted by atomic mass is 32.2. The first-order chi connectivity index (χ1) is 13.9. The molecule has 0 N–H and O–H groups in total. The molecule has 8 nitrogen and oxygen atoms in total. The van der Waals surface area contributed by atoms with Crippen molar-refractivity contribution in [3.8, 4) is 11.5 Å². The standard InChI is InChI=1S/C19H13N7OS/c1-3-7-13(8-4-1)11-26-16-15(22-25-26)18(21-12-20-16)28-19-24-23-17(27-19)14-9-5-2-6-10-14/h1-10,12H,11H2. The minimum Gasteiger partial charge on any atom is -0.411 e. The number of hydrogen-bond donors (Lipinski definition) is 0. The summed E-state index contributed by atoms with van der Waals surface area (Å²) in [6, 6.07) is 19.6. The van der Waals surface area contributed by atoms with Crippen molar-refractivity contribution in [1.82, 2.24) is 35.2 Å². The van der Waals surface area contributed by atoms with Gasteiger partial charge in [0, 0.05) is 5.56 Å². The first-order valence-electron chi connectivity index (χ1n) is 8.52. The monoisotopic (exact) mass is 387 g/mol. The molecule has 0 aliphatic heterocycles. The Bertz CT molecular complexity index is 1220. The van der Waals surface area contributed by atoms with E-state index in [1.165, 1.54) is 18.1 Å². The second-order valence-electron chi connectivity index (χ2n) is 5.92. The summed E-state index contributed by atoms with van der Waals surface area (Å²) in [5.74, 6) is 0.459. The molecule has 3 aromatic heterocycles. The van der Waals surface area contributed by atoms with Crippen LogP contribution in [0.5, 0.6) is 0 Å². The van der Waals surface area contributed by atoms with Gasteiger partial charge in [0.2, 0.25) is 5.89 Å². The Morgan fingerprint density at radius 2 is 1.64 bits per heavy atom. The van der Waals surface area contributed by atoms with Crippen LogP contribution in [0.3, 0.4) is 0 Å². The van der Waals surface area contributed by atoms with Gasteiger partial charge in [-0.3, -0.25) is 0 Å². The molecular weight excluding hydrogens is 374 g/mol. The first kappa shape index (κ1) is 16.6. The molecule has 0 amide bonds. The Labute approximate surface area is 163 Å². The molecule has 0 atom stereocenters. The second kappa shape index (κ2) is 7.20. The molecule has 0 spiro atoms. The summed E-state index contributed by atoms with van der Waals surface area (Å²) >= 11 is 1.24. The Morgan fingerprint density at radius 1 is 0.857 bits per heavy atom. The van der Waals surface area contributed by atoms with Gasteiger partial charge >= 0.3 is 0 Å². The summed E-state index contributed by atoms with van der Waals surface area (Å²) in [7, 11) is 0. The average molecular weight is 387 g/mol. The van der Waals surface area contributed by atoms with E-state index in [4.69, 9.17) is 4.42 Å². The molecule has 2 aromatic carbocycles. The van der Waals surface area contributed by atoms with Crippen molar-refractivity contribution < 1.29 is 4.42 Å². The lowest BCUT2D eigenvalue weighted by Crippen LogP contribution is -2.02. The van der Waals surface area contributed by atoms with Crippen molar-refractivity contribution in [2.45, 2.75) is 16.8 Å². The fourth-order valence-electron chi connectivity index (χ4n) is 2.74. The minimum absolute atomic E-state index is 0.386. The van der Waals surface area contributed by atoms with E-state index in [0.717, 1.165) is 11.1 Å². The zero-order chi connectivity index (χ0) is 18.8. The molecule has 0 aliphatic rings. The van der Waals surface area contributed by atoms with Crippen LogP contribution >= 0.6 is 11.8 Å². The molecule has 9 heteroatoms. The molecule has 0 bridgehead atoms. The van der Waals surface area contributed by atoms with Crippen molar-refractivity contribution >= 4 is 22.9 Å². The molecule has 5 rings (SSSR count). The smallest absolute Gasteiger partial charge is 0.283 e. The number of nitrogens with zero attached hydrogens (tertiary/aromatic N) is 7. The Hall–Kier alpha value is -3.59. The third kappa shape index (κ3) is 3.23. The molecule has 0 saturated heterocycles. The lowest BCUT2D eigenvalue weighted by atomic mass is 10.2. The lowest BCUT2D eigenvalue weighted by Gasteiger charge is -2.02. The van der Waals surface area contributed by atoms with Gasteiger partial charge in [0.25, 0.3) is 5.22 Å². The zero-order valence-electron chi connectivity index (χ0n) is 14.5. The molecule has 0 fully saturated rings. The number of benzene rings is 2. The maximum absolute atomic E-state index is 5.75. The highest BCUT2D eigenvalue weighted by molar-refractivity contribution is 7.99. The van der Waals surface area contributed by atoms with Crippen LogP contribution in [-0.2, 0) is 6.54 Å². The summed E-state index contributed by atoms with van der Waals surface area (Å²) in [6.07, 6.45) is 1.49. The third-order valence-electron chi connectivity index (χ3n) is 4.05. The predicted octanol–water partition coefficient (Wildman–Crippen LogP) is 3.47. The van der Waals surface area contributed by atoms with Crippen LogP contribution < -0.4 is 0 Å². The quantitative estimate of drug-likeness (QED) is 0.423. The van der Waals surface area contributed by atoms with Crippen LogP contribution in [0.1, 0.15) is 5.56 Å². The molecule has 0 unspecified atom stereocenters. The van der Waals surface area contributed by atoms with E-state index in [2.05, 4.69) is 30.5 Å². The maximum atomic E-state index is 5.75. The Kier molecular flexibility index (Phi) is 4.26. The normalized spacial score (nSPS) is 11.1. The van der Waals surface area contributed by atoms with Crippen LogP contribution in [0.25, 0.3) is 22.6 Å². The van der Waals surface area contributed by atoms with Crippen LogP contribution in [0.2, 0.25) is 0 Å². The zero-order valence-corrected chi connectivity index (χ0v) is 15.3. The predicted molar refractivity (Wildman–Crippen MR) is 103 cm³/mol. The van der Waals surface area contributed by atoms with E-state index < -0.39 is 0 Å². The molecule has 5 aromatic rings. The number of aromatic nitrogens is 7. The van der Waals surface area contributed by atoms with Gasteiger partial charge < -0.3 is 4.42 Å². The summed E-state index contributed by atoms with van der Waals surface area (Å²) in [4.78, 5) is 8.65. The van der Waals surface area contributed by atoms with E-state index in [9.17, 15) is 0 Å². The summed E-state index contributed by atoms with van der Waals surface area (Å²) in [5.41, 5.74) is 3.24. The average Bonchev–Trinajstić information content (AvgIpc) is 3.38. The maximum Gasteiger partial charge on any atom is 0.283 e. The second-order valence-corrected chi connectivity index (χ2v) is 6.86. The van der Waals surface area contributed by atoms with E-state index in [-0.39, 0.29) is 0 Å². The summed E-state index contributed by atoms with van der Waals surface area (Å²) < 4.78 is 7.50. The molecule has 136 valence electrons. The molecule has 0 aliphatic carbocycles. The van der Waals surface area contributed by atoms with E-state index >= 15 is 0 Å². The fourth-order valence-corrected chi connectivity index (χ4v) is 3.44. The first-order valence-corrected chi connectivity index (χ1v) is 9.33. The molecule has 0 radical (unpaired) electrons. The number of fused-ring (bicyclic) bond motifs is 1. The molecule has 28 heavy (non-hydrogen) atoms. The van der Waals surface area contributed by atoms with Crippen molar-refractivity contribution in [3.05, 3.63) is 72.6 Å². The lowest BCUT2D eigenvalue weighted by molar-refractivity contribution is 0.465. The summed E-state index contributed by atoms with van der Waals surface area (Å²) in [5, 5.41) is 17.7. The van der Waals surface area contributed by atoms with Crippen molar-refractivity contribution in [3.63, 3.8) is 0 Å². The van der Waals surface area contributed by atoms with Crippen LogP contribution in [0.4, 0.5) is 0 Å². The fraction of sp³-hybridized carbons (Fsp3) is 0.0526. The van der Waals surface area contributed by atoms with Crippen LogP contribution in [0, 0.1) is 0 Å². The topological polar surface area (TPSA) is 95.4 Å². The third-order valence-corrected chi connectivity index (χ3v) is 4.88. The Balaban J connectivity index is 1.43. The largest absolute Gasteiger partial charge is 0.411 e. The van der Waals surface area contributed by atoms with Crippen LogP contribution in [-0.4, -0.2) is 35.2 Å². The minimum atomic E-state index is 0.386. The van der Waals surface area contributed by atoms with Crippen LogP contribution in [0.15, 0.2) is 81.7 Å². The van der Waals surface area contributed by atoms with Gasteiger partial charge in [-0.2, -0.15) is 0 Å². The van der Waals surface area contributed by atoms with Crippen molar-refractivity contribution in [1.29, 1.82) is 0 Å². The summed E-state index contributed by atoms with van der Waals surface area (Å²) in [6.45, 7) is 0.581. The van der Waals surface area contributed by atoms with Gasteiger partial charge in [0.1, 0.15) is 11.4 Å². The van der Waals surface area contributed by atoms with Gasteiger partial charge in [-0.15, -0.1) is 15.3 Å². The van der Waals surface area contributed by atoms with Crippen molar-refractivity contribution in [2.75, 3.05) is 0 Å². The van der Waals surface area contributed by atoms with E-state index in [1.54, 1.807) is 4.68 Å². The Morgan fingerprint density at radius 3 is 2.46 bits per heavy atom. The van der Waals surface area contributed by atoms with Gasteiger partial charge in [-0.25, -0.2) is 14.6 Å².